The molecule has 3 rings (SSSR count). The zero-order chi connectivity index (χ0) is 19.9. The number of pyridine rings is 1. The maximum absolute atomic E-state index is 12.4. The minimum Gasteiger partial charge on any atom is -0.349 e. The number of hydrogen-bond acceptors (Lipinski definition) is 5. The molecule has 28 heavy (non-hydrogen) atoms. The summed E-state index contributed by atoms with van der Waals surface area (Å²) in [6.45, 7) is 6.29. The van der Waals surface area contributed by atoms with Crippen molar-refractivity contribution < 1.29 is 4.79 Å². The third-order valence-corrected chi connectivity index (χ3v) is 5.27. The SMILES string of the molecule is C=CCn1c(SCC(=O)N[C@@H](C)c2ccc(Cl)cc2)nnc1-c1ccncc1. The monoisotopic (exact) mass is 413 g/mol. The molecule has 0 aliphatic rings. The van der Waals surface area contributed by atoms with Crippen LogP contribution in [0.3, 0.4) is 0 Å². The van der Waals surface area contributed by atoms with E-state index in [1.807, 2.05) is 47.9 Å². The van der Waals surface area contributed by atoms with Gasteiger partial charge in [-0.05, 0) is 36.8 Å². The van der Waals surface area contributed by atoms with Gasteiger partial charge in [0.25, 0.3) is 0 Å². The van der Waals surface area contributed by atoms with Crippen molar-refractivity contribution in [2.24, 2.45) is 0 Å². The Morgan fingerprint density at radius 2 is 1.96 bits per heavy atom. The van der Waals surface area contributed by atoms with Gasteiger partial charge < -0.3 is 5.32 Å². The Labute approximate surface area is 173 Å². The summed E-state index contributed by atoms with van der Waals surface area (Å²) in [5.41, 5.74) is 1.91. The highest BCUT2D eigenvalue weighted by Crippen LogP contribution is 2.24. The summed E-state index contributed by atoms with van der Waals surface area (Å²) < 4.78 is 1.93. The van der Waals surface area contributed by atoms with E-state index in [0.717, 1.165) is 17.0 Å². The van der Waals surface area contributed by atoms with Crippen molar-refractivity contribution in [3.8, 4) is 11.4 Å². The minimum atomic E-state index is -0.108. The number of allylic oxidation sites excluding steroid dienone is 1. The van der Waals surface area contributed by atoms with Crippen LogP contribution in [-0.2, 0) is 11.3 Å². The number of hydrogen-bond donors (Lipinski definition) is 1. The smallest absolute Gasteiger partial charge is 0.230 e. The van der Waals surface area contributed by atoms with Crippen LogP contribution in [-0.4, -0.2) is 31.4 Å². The molecule has 2 aromatic heterocycles. The lowest BCUT2D eigenvalue weighted by atomic mass is 10.1. The standard InChI is InChI=1S/C20H20ClN5OS/c1-3-12-26-19(16-8-10-22-11-9-16)24-25-20(26)28-13-18(27)23-14(2)15-4-6-17(21)7-5-15/h3-11,14H,1,12-13H2,2H3,(H,23,27)/t14-/m0/s1. The molecule has 0 saturated carbocycles. The number of amides is 1. The van der Waals surface area contributed by atoms with Gasteiger partial charge in [-0.2, -0.15) is 0 Å². The van der Waals surface area contributed by atoms with Crippen molar-refractivity contribution >= 4 is 29.3 Å². The maximum atomic E-state index is 12.4. The first-order valence-corrected chi connectivity index (χ1v) is 10.1. The van der Waals surface area contributed by atoms with E-state index in [1.165, 1.54) is 11.8 Å². The zero-order valence-corrected chi connectivity index (χ0v) is 17.0. The highest BCUT2D eigenvalue weighted by molar-refractivity contribution is 7.99. The van der Waals surface area contributed by atoms with Gasteiger partial charge in [-0.25, -0.2) is 0 Å². The minimum absolute atomic E-state index is 0.0777. The summed E-state index contributed by atoms with van der Waals surface area (Å²) >= 11 is 7.25. The molecule has 0 aliphatic heterocycles. The predicted octanol–water partition coefficient (Wildman–Crippen LogP) is 4.15. The van der Waals surface area contributed by atoms with Crippen LogP contribution in [0, 0.1) is 0 Å². The van der Waals surface area contributed by atoms with Gasteiger partial charge in [0, 0.05) is 29.5 Å². The summed E-state index contributed by atoms with van der Waals surface area (Å²) in [6, 6.07) is 11.1. The molecule has 1 aromatic carbocycles. The normalized spacial score (nSPS) is 11.8. The number of aromatic nitrogens is 4. The fourth-order valence-electron chi connectivity index (χ4n) is 2.65. The number of carbonyl (C=O) groups excluding carboxylic acids is 1. The van der Waals surface area contributed by atoms with E-state index in [2.05, 4.69) is 27.1 Å². The van der Waals surface area contributed by atoms with E-state index in [0.29, 0.717) is 16.7 Å². The molecular weight excluding hydrogens is 394 g/mol. The quantitative estimate of drug-likeness (QED) is 0.443. The average Bonchev–Trinajstić information content (AvgIpc) is 3.10. The molecule has 1 amide bonds. The van der Waals surface area contributed by atoms with Gasteiger partial charge >= 0.3 is 0 Å². The van der Waals surface area contributed by atoms with Crippen molar-refractivity contribution in [3.05, 3.63) is 72.0 Å². The highest BCUT2D eigenvalue weighted by Gasteiger charge is 2.16. The highest BCUT2D eigenvalue weighted by atomic mass is 35.5. The van der Waals surface area contributed by atoms with Crippen molar-refractivity contribution in [1.82, 2.24) is 25.1 Å². The van der Waals surface area contributed by atoms with Crippen LogP contribution in [0.1, 0.15) is 18.5 Å². The second-order valence-electron chi connectivity index (χ2n) is 6.07. The Morgan fingerprint density at radius 3 is 2.64 bits per heavy atom. The zero-order valence-electron chi connectivity index (χ0n) is 15.4. The Morgan fingerprint density at radius 1 is 1.25 bits per heavy atom. The molecule has 3 aromatic rings. The van der Waals surface area contributed by atoms with Gasteiger partial charge in [-0.15, -0.1) is 16.8 Å². The molecule has 2 heterocycles. The second-order valence-corrected chi connectivity index (χ2v) is 7.45. The molecule has 0 unspecified atom stereocenters. The molecule has 144 valence electrons. The van der Waals surface area contributed by atoms with E-state index in [9.17, 15) is 4.79 Å². The van der Waals surface area contributed by atoms with Crippen LogP contribution in [0.2, 0.25) is 5.02 Å². The van der Waals surface area contributed by atoms with Crippen molar-refractivity contribution in [1.29, 1.82) is 0 Å². The van der Waals surface area contributed by atoms with Gasteiger partial charge in [0.05, 0.1) is 11.8 Å². The largest absolute Gasteiger partial charge is 0.349 e. The van der Waals surface area contributed by atoms with Crippen LogP contribution >= 0.6 is 23.4 Å². The summed E-state index contributed by atoms with van der Waals surface area (Å²) in [5, 5.41) is 12.8. The molecule has 6 nitrogen and oxygen atoms in total. The second kappa shape index (κ2) is 9.52. The van der Waals surface area contributed by atoms with Crippen LogP contribution in [0.5, 0.6) is 0 Å². The molecule has 1 atom stereocenters. The number of rotatable bonds is 8. The number of carbonyl (C=O) groups is 1. The number of halogens is 1. The molecule has 0 bridgehead atoms. The first-order chi connectivity index (χ1) is 13.6. The molecule has 0 spiro atoms. The van der Waals surface area contributed by atoms with Gasteiger partial charge in [-0.3, -0.25) is 14.3 Å². The first-order valence-electron chi connectivity index (χ1n) is 8.70. The fraction of sp³-hybridized carbons (Fsp3) is 0.200. The van der Waals surface area contributed by atoms with Gasteiger partial charge in [0.1, 0.15) is 0 Å². The fourth-order valence-corrected chi connectivity index (χ4v) is 3.54. The van der Waals surface area contributed by atoms with E-state index < -0.39 is 0 Å². The van der Waals surface area contributed by atoms with Crippen molar-refractivity contribution in [2.75, 3.05) is 5.75 Å². The Balaban J connectivity index is 1.65. The maximum Gasteiger partial charge on any atom is 0.230 e. The third kappa shape index (κ3) is 4.99. The van der Waals surface area contributed by atoms with E-state index in [1.54, 1.807) is 18.5 Å². The Hall–Kier alpha value is -2.64. The first kappa shape index (κ1) is 20.1. The Bertz CT molecular complexity index is 943. The average molecular weight is 414 g/mol. The van der Waals surface area contributed by atoms with Gasteiger partial charge in [-0.1, -0.05) is 41.6 Å². The molecule has 8 heteroatoms. The van der Waals surface area contributed by atoms with E-state index in [-0.39, 0.29) is 17.7 Å². The van der Waals surface area contributed by atoms with Crippen LogP contribution in [0.25, 0.3) is 11.4 Å². The molecular formula is C20H20ClN5OS. The third-order valence-electron chi connectivity index (χ3n) is 4.05. The number of thioether (sulfide) groups is 1. The summed E-state index contributed by atoms with van der Waals surface area (Å²) in [6.07, 6.45) is 5.20. The van der Waals surface area contributed by atoms with Crippen molar-refractivity contribution in [3.63, 3.8) is 0 Å². The summed E-state index contributed by atoms with van der Waals surface area (Å²) in [7, 11) is 0. The predicted molar refractivity (Wildman–Crippen MR) is 112 cm³/mol. The molecule has 0 fully saturated rings. The van der Waals surface area contributed by atoms with Gasteiger partial charge in [0.15, 0.2) is 11.0 Å². The molecule has 0 saturated heterocycles. The van der Waals surface area contributed by atoms with Crippen LogP contribution in [0.4, 0.5) is 0 Å². The lowest BCUT2D eigenvalue weighted by molar-refractivity contribution is -0.119. The lowest BCUT2D eigenvalue weighted by Gasteiger charge is -2.14. The summed E-state index contributed by atoms with van der Waals surface area (Å²) in [5.74, 6) is 0.884. The Kier molecular flexibility index (Phi) is 6.84. The number of nitrogens with zero attached hydrogens (tertiary/aromatic N) is 4. The van der Waals surface area contributed by atoms with Crippen LogP contribution in [0.15, 0.2) is 66.6 Å². The van der Waals surface area contributed by atoms with E-state index >= 15 is 0 Å². The van der Waals surface area contributed by atoms with E-state index in [4.69, 9.17) is 11.6 Å². The number of benzene rings is 1. The molecule has 0 radical (unpaired) electrons. The topological polar surface area (TPSA) is 72.7 Å². The van der Waals surface area contributed by atoms with Gasteiger partial charge in [0.2, 0.25) is 5.91 Å². The summed E-state index contributed by atoms with van der Waals surface area (Å²) in [4.78, 5) is 16.4. The molecule has 1 N–H and O–H groups in total. The van der Waals surface area contributed by atoms with Crippen molar-refractivity contribution in [2.45, 2.75) is 24.7 Å². The van der Waals surface area contributed by atoms with Crippen LogP contribution < -0.4 is 5.32 Å². The lowest BCUT2D eigenvalue weighted by Crippen LogP contribution is -2.28. The molecule has 0 aliphatic carbocycles. The number of nitrogens with one attached hydrogen (secondary N) is 1.